The molecule has 4 rings (SSSR count). The molecule has 0 spiro atoms. The van der Waals surface area contributed by atoms with Gasteiger partial charge in [-0.15, -0.1) is 0 Å². The van der Waals surface area contributed by atoms with Crippen LogP contribution in [0.4, 0.5) is 5.69 Å². The van der Waals surface area contributed by atoms with Crippen molar-refractivity contribution in [1.82, 2.24) is 0 Å². The third-order valence-corrected chi connectivity index (χ3v) is 7.22. The van der Waals surface area contributed by atoms with E-state index in [9.17, 15) is 14.7 Å². The summed E-state index contributed by atoms with van der Waals surface area (Å²) in [5.74, 6) is 0.134. The molecule has 0 bridgehead atoms. The zero-order chi connectivity index (χ0) is 28.4. The fourth-order valence-electron chi connectivity index (χ4n) is 5.09. The minimum Gasteiger partial charge on any atom is -0.507 e. The number of rotatable bonds is 8. The molecule has 0 radical (unpaired) electrons. The summed E-state index contributed by atoms with van der Waals surface area (Å²) in [4.78, 5) is 28.7. The lowest BCUT2D eigenvalue weighted by molar-refractivity contribution is -0.132. The number of ether oxygens (including phenoxy) is 2. The average Bonchev–Trinajstić information content (AvgIpc) is 3.18. The first-order valence-corrected chi connectivity index (χ1v) is 13.4. The fourth-order valence-corrected chi connectivity index (χ4v) is 5.09. The first kappa shape index (κ1) is 28.0. The number of Topliss-reactive ketones (excluding diaryl/α,β-unsaturated/α-hetero) is 1. The maximum Gasteiger partial charge on any atom is 0.300 e. The van der Waals surface area contributed by atoms with Crippen LogP contribution >= 0.6 is 0 Å². The summed E-state index contributed by atoms with van der Waals surface area (Å²) in [6.45, 7) is 12.5. The Morgan fingerprint density at radius 2 is 1.67 bits per heavy atom. The van der Waals surface area contributed by atoms with Crippen LogP contribution in [-0.4, -0.2) is 30.5 Å². The Hall–Kier alpha value is -4.06. The Balaban J connectivity index is 1.97. The van der Waals surface area contributed by atoms with E-state index in [-0.39, 0.29) is 17.3 Å². The molecule has 1 saturated heterocycles. The molecule has 6 heteroatoms. The van der Waals surface area contributed by atoms with Crippen molar-refractivity contribution in [2.75, 3.05) is 18.6 Å². The van der Waals surface area contributed by atoms with E-state index < -0.39 is 17.7 Å². The number of carbonyl (C=O) groups is 2. The number of hydrogen-bond donors (Lipinski definition) is 1. The Morgan fingerprint density at radius 3 is 2.26 bits per heavy atom. The largest absolute Gasteiger partial charge is 0.507 e. The van der Waals surface area contributed by atoms with Crippen LogP contribution in [0.25, 0.3) is 5.76 Å². The van der Waals surface area contributed by atoms with Crippen molar-refractivity contribution in [2.45, 2.75) is 59.4 Å². The predicted molar refractivity (Wildman–Crippen MR) is 155 cm³/mol. The summed E-state index contributed by atoms with van der Waals surface area (Å²) in [6, 6.07) is 17.9. The molecule has 3 aromatic carbocycles. The number of aliphatic hydroxyl groups is 1. The van der Waals surface area contributed by atoms with Crippen LogP contribution in [0.5, 0.6) is 11.5 Å². The molecule has 1 N–H and O–H groups in total. The summed E-state index contributed by atoms with van der Waals surface area (Å²) < 4.78 is 11.2. The third-order valence-electron chi connectivity index (χ3n) is 7.22. The number of methoxy groups -OCH3 is 1. The third kappa shape index (κ3) is 5.29. The van der Waals surface area contributed by atoms with E-state index in [2.05, 4.69) is 13.8 Å². The fraction of sp³-hybridized carbons (Fsp3) is 0.333. The van der Waals surface area contributed by atoms with Gasteiger partial charge in [-0.2, -0.15) is 0 Å². The van der Waals surface area contributed by atoms with Crippen LogP contribution < -0.4 is 14.4 Å². The molecule has 6 nitrogen and oxygen atoms in total. The number of anilines is 1. The normalized spacial score (nSPS) is 16.8. The topological polar surface area (TPSA) is 76.1 Å². The average molecular weight is 528 g/mol. The van der Waals surface area contributed by atoms with Gasteiger partial charge in [0.15, 0.2) is 0 Å². The van der Waals surface area contributed by atoms with E-state index in [4.69, 9.17) is 9.47 Å². The highest BCUT2D eigenvalue weighted by Gasteiger charge is 2.47. The molecule has 1 atom stereocenters. The van der Waals surface area contributed by atoms with Gasteiger partial charge in [-0.25, -0.2) is 0 Å². The zero-order valence-electron chi connectivity index (χ0n) is 23.7. The number of benzene rings is 3. The van der Waals surface area contributed by atoms with E-state index in [0.717, 1.165) is 22.3 Å². The van der Waals surface area contributed by atoms with E-state index >= 15 is 0 Å². The standard InChI is InChI=1S/C33H37NO5/c1-8-39-25-11-9-10-24(17-25)34-30(23-14-12-22(13-15-23)19(2)3)29(32(36)33(34)37)31(35)27-18-26(20(4)5)28(38-7)16-21(27)6/h9-20,30,35H,8H2,1-7H3/b31-29+. The van der Waals surface area contributed by atoms with E-state index in [1.165, 1.54) is 4.90 Å². The van der Waals surface area contributed by atoms with Crippen molar-refractivity contribution >= 4 is 23.1 Å². The molecule has 1 unspecified atom stereocenters. The maximum absolute atomic E-state index is 13.7. The van der Waals surface area contributed by atoms with Crippen molar-refractivity contribution in [2.24, 2.45) is 0 Å². The second-order valence-corrected chi connectivity index (χ2v) is 10.5. The summed E-state index contributed by atoms with van der Waals surface area (Å²) >= 11 is 0. The van der Waals surface area contributed by atoms with Crippen LogP contribution in [0.2, 0.25) is 0 Å². The monoisotopic (exact) mass is 527 g/mol. The van der Waals surface area contributed by atoms with E-state index in [1.807, 2.05) is 70.2 Å². The van der Waals surface area contributed by atoms with Gasteiger partial charge in [0.2, 0.25) is 0 Å². The summed E-state index contributed by atoms with van der Waals surface area (Å²) in [6.07, 6.45) is 0. The van der Waals surface area contributed by atoms with Crippen LogP contribution in [0.3, 0.4) is 0 Å². The molecule has 0 aliphatic carbocycles. The molecule has 1 fully saturated rings. The quantitative estimate of drug-likeness (QED) is 0.189. The SMILES string of the molecule is CCOc1cccc(N2C(=O)C(=O)/C(=C(/O)c3cc(C(C)C)c(OC)cc3C)C2c2ccc(C(C)C)cc2)c1. The van der Waals surface area contributed by atoms with Gasteiger partial charge < -0.3 is 14.6 Å². The lowest BCUT2D eigenvalue weighted by atomic mass is 9.90. The minimum atomic E-state index is -0.813. The highest BCUT2D eigenvalue weighted by Crippen LogP contribution is 2.44. The molecule has 0 aromatic heterocycles. The van der Waals surface area contributed by atoms with Crippen LogP contribution in [0, 0.1) is 6.92 Å². The van der Waals surface area contributed by atoms with Gasteiger partial charge in [-0.1, -0.05) is 58.0 Å². The highest BCUT2D eigenvalue weighted by molar-refractivity contribution is 6.51. The van der Waals surface area contributed by atoms with Gasteiger partial charge in [0, 0.05) is 17.3 Å². The minimum absolute atomic E-state index is 0.0575. The van der Waals surface area contributed by atoms with Gasteiger partial charge in [-0.05, 0) is 72.2 Å². The first-order chi connectivity index (χ1) is 18.6. The summed E-state index contributed by atoms with van der Waals surface area (Å²) in [7, 11) is 1.61. The van der Waals surface area contributed by atoms with Gasteiger partial charge in [0.1, 0.15) is 17.3 Å². The van der Waals surface area contributed by atoms with Gasteiger partial charge >= 0.3 is 0 Å². The number of nitrogens with zero attached hydrogens (tertiary/aromatic N) is 1. The number of aryl methyl sites for hydroxylation is 1. The number of hydrogen-bond acceptors (Lipinski definition) is 5. The maximum atomic E-state index is 13.7. The number of carbonyl (C=O) groups excluding carboxylic acids is 2. The van der Waals surface area contributed by atoms with Crippen molar-refractivity contribution in [3.8, 4) is 11.5 Å². The number of amides is 1. The Morgan fingerprint density at radius 1 is 0.974 bits per heavy atom. The Kier molecular flexibility index (Phi) is 8.14. The summed E-state index contributed by atoms with van der Waals surface area (Å²) in [5, 5.41) is 11.8. The zero-order valence-corrected chi connectivity index (χ0v) is 23.7. The van der Waals surface area contributed by atoms with Gasteiger partial charge in [-0.3, -0.25) is 14.5 Å². The molecule has 39 heavy (non-hydrogen) atoms. The molecule has 204 valence electrons. The van der Waals surface area contributed by atoms with Crippen molar-refractivity contribution < 1.29 is 24.2 Å². The molecule has 3 aromatic rings. The molecule has 0 saturated carbocycles. The van der Waals surface area contributed by atoms with Crippen LogP contribution in [0.1, 0.15) is 80.3 Å². The highest BCUT2D eigenvalue weighted by atomic mass is 16.5. The number of ketones is 1. The molecule has 1 heterocycles. The van der Waals surface area contributed by atoms with Gasteiger partial charge in [0.25, 0.3) is 11.7 Å². The molecule has 1 aliphatic rings. The van der Waals surface area contributed by atoms with Crippen molar-refractivity contribution in [1.29, 1.82) is 0 Å². The second kappa shape index (κ2) is 11.4. The van der Waals surface area contributed by atoms with Crippen LogP contribution in [0.15, 0.2) is 66.2 Å². The van der Waals surface area contributed by atoms with E-state index in [0.29, 0.717) is 35.3 Å². The van der Waals surface area contributed by atoms with Gasteiger partial charge in [0.05, 0.1) is 25.3 Å². The molecular formula is C33H37NO5. The molecule has 1 aliphatic heterocycles. The lowest BCUT2D eigenvalue weighted by Crippen LogP contribution is -2.29. The van der Waals surface area contributed by atoms with Crippen molar-refractivity contribution in [3.63, 3.8) is 0 Å². The second-order valence-electron chi connectivity index (χ2n) is 10.5. The smallest absolute Gasteiger partial charge is 0.300 e. The van der Waals surface area contributed by atoms with E-state index in [1.54, 1.807) is 25.3 Å². The first-order valence-electron chi connectivity index (χ1n) is 13.4. The van der Waals surface area contributed by atoms with Crippen molar-refractivity contribution in [3.05, 3.63) is 94.1 Å². The molecule has 1 amide bonds. The Bertz CT molecular complexity index is 1420. The predicted octanol–water partition coefficient (Wildman–Crippen LogP) is 7.28. The summed E-state index contributed by atoms with van der Waals surface area (Å²) in [5.41, 5.74) is 4.60. The van der Waals surface area contributed by atoms with Crippen LogP contribution in [-0.2, 0) is 9.59 Å². The molecular weight excluding hydrogens is 490 g/mol. The Labute approximate surface area is 230 Å². The number of aliphatic hydroxyl groups excluding tert-OH is 1. The lowest BCUT2D eigenvalue weighted by Gasteiger charge is -2.26.